The van der Waals surface area contributed by atoms with Gasteiger partial charge in [-0.2, -0.15) is 0 Å². The molecule has 0 bridgehead atoms. The molecule has 3 atom stereocenters. The average Bonchev–Trinajstić information content (AvgIpc) is 2.91. The van der Waals surface area contributed by atoms with Gasteiger partial charge < -0.3 is 19.7 Å². The van der Waals surface area contributed by atoms with Crippen LogP contribution >= 0.6 is 0 Å². The van der Waals surface area contributed by atoms with Gasteiger partial charge >= 0.3 is 5.97 Å². The lowest BCUT2D eigenvalue weighted by Gasteiger charge is -2.41. The summed E-state index contributed by atoms with van der Waals surface area (Å²) in [4.78, 5) is 25.5. The number of carbonyl (C=O) groups is 1. The van der Waals surface area contributed by atoms with E-state index in [4.69, 9.17) is 9.47 Å². The third-order valence-corrected chi connectivity index (χ3v) is 4.88. The maximum atomic E-state index is 13.0. The minimum Gasteiger partial charge on any atom is -0.497 e. The van der Waals surface area contributed by atoms with Crippen LogP contribution in [-0.2, 0) is 16.0 Å². The maximum Gasteiger partial charge on any atom is 0.313 e. The van der Waals surface area contributed by atoms with E-state index in [1.54, 1.807) is 59.1 Å². The van der Waals surface area contributed by atoms with Gasteiger partial charge in [0.2, 0.25) is 0 Å². The number of aliphatic hydroxyl groups is 1. The van der Waals surface area contributed by atoms with Crippen molar-refractivity contribution in [3.63, 3.8) is 0 Å². The van der Waals surface area contributed by atoms with Gasteiger partial charge in [0, 0.05) is 23.6 Å². The first kappa shape index (κ1) is 19.2. The van der Waals surface area contributed by atoms with E-state index in [1.165, 1.54) is 0 Å². The van der Waals surface area contributed by atoms with Crippen LogP contribution < -0.4 is 10.3 Å². The van der Waals surface area contributed by atoms with Crippen LogP contribution in [0.15, 0.2) is 29.1 Å². The molecule has 1 aromatic carbocycles. The van der Waals surface area contributed by atoms with E-state index in [0.717, 1.165) is 5.56 Å². The van der Waals surface area contributed by atoms with Crippen molar-refractivity contribution in [2.24, 2.45) is 5.92 Å². The van der Waals surface area contributed by atoms with Crippen molar-refractivity contribution in [1.29, 1.82) is 0 Å². The lowest BCUT2D eigenvalue weighted by Crippen LogP contribution is -2.51. The van der Waals surface area contributed by atoms with Crippen molar-refractivity contribution < 1.29 is 19.4 Å². The van der Waals surface area contributed by atoms with E-state index in [2.05, 4.69) is 10.2 Å². The molecule has 3 unspecified atom stereocenters. The minimum absolute atomic E-state index is 0.150. The molecule has 3 rings (SSSR count). The molecule has 146 valence electrons. The summed E-state index contributed by atoms with van der Waals surface area (Å²) in [7, 11) is 1.57. The largest absolute Gasteiger partial charge is 0.497 e. The molecular weight excluding hydrogens is 348 g/mol. The second-order valence-electron chi connectivity index (χ2n) is 8.27. The predicted octanol–water partition coefficient (Wildman–Crippen LogP) is 2.11. The van der Waals surface area contributed by atoms with Crippen molar-refractivity contribution in [3.05, 3.63) is 51.4 Å². The van der Waals surface area contributed by atoms with Crippen LogP contribution in [0.25, 0.3) is 0 Å². The standard InChI is InChI=1S/C20H26N2O5/c1-19(2,3)27-18(24)16-14(11-6-8-12(26-5)9-7-11)15-13(10-20(16,4)25)21-22-17(15)23/h6-9,14,16,25H,10H2,1-5H3,(H2,21,22,23). The van der Waals surface area contributed by atoms with Gasteiger partial charge in [0.15, 0.2) is 0 Å². The molecule has 0 aliphatic heterocycles. The van der Waals surface area contributed by atoms with E-state index in [-0.39, 0.29) is 12.0 Å². The molecule has 2 aromatic rings. The predicted molar refractivity (Wildman–Crippen MR) is 99.9 cm³/mol. The highest BCUT2D eigenvalue weighted by atomic mass is 16.6. The van der Waals surface area contributed by atoms with Crippen molar-refractivity contribution in [2.45, 2.75) is 51.2 Å². The molecule has 7 heteroatoms. The molecule has 27 heavy (non-hydrogen) atoms. The molecule has 0 saturated heterocycles. The summed E-state index contributed by atoms with van der Waals surface area (Å²) in [5.41, 5.74) is -0.589. The van der Waals surface area contributed by atoms with Crippen LogP contribution in [0.5, 0.6) is 5.75 Å². The quantitative estimate of drug-likeness (QED) is 0.714. The highest BCUT2D eigenvalue weighted by molar-refractivity contribution is 5.77. The highest BCUT2D eigenvalue weighted by Gasteiger charge is 2.51. The topological polar surface area (TPSA) is 104 Å². The van der Waals surface area contributed by atoms with Crippen molar-refractivity contribution >= 4 is 5.97 Å². The van der Waals surface area contributed by atoms with Gasteiger partial charge in [0.1, 0.15) is 11.4 Å². The molecule has 0 saturated carbocycles. The second kappa shape index (κ2) is 6.56. The third-order valence-electron chi connectivity index (χ3n) is 4.88. The van der Waals surface area contributed by atoms with Crippen LogP contribution in [0.4, 0.5) is 0 Å². The zero-order valence-electron chi connectivity index (χ0n) is 16.3. The summed E-state index contributed by atoms with van der Waals surface area (Å²) in [6, 6.07) is 7.15. The summed E-state index contributed by atoms with van der Waals surface area (Å²) in [5.74, 6) is -1.42. The Hall–Kier alpha value is -2.54. The number of methoxy groups -OCH3 is 1. The smallest absolute Gasteiger partial charge is 0.313 e. The van der Waals surface area contributed by atoms with Gasteiger partial charge in [-0.05, 0) is 45.4 Å². The Morgan fingerprint density at radius 1 is 1.22 bits per heavy atom. The summed E-state index contributed by atoms with van der Waals surface area (Å²) in [5, 5.41) is 16.5. The summed E-state index contributed by atoms with van der Waals surface area (Å²) in [6.45, 7) is 6.93. The van der Waals surface area contributed by atoms with E-state index >= 15 is 0 Å². The number of fused-ring (bicyclic) bond motifs is 1. The Morgan fingerprint density at radius 2 is 1.85 bits per heavy atom. The normalized spacial score (nSPS) is 25.0. The number of esters is 1. The lowest BCUT2D eigenvalue weighted by atomic mass is 9.66. The fourth-order valence-corrected chi connectivity index (χ4v) is 3.79. The molecular formula is C20H26N2O5. The number of rotatable bonds is 3. The molecule has 0 spiro atoms. The Morgan fingerprint density at radius 3 is 2.41 bits per heavy atom. The Balaban J connectivity index is 2.16. The fraction of sp³-hybridized carbons (Fsp3) is 0.500. The number of nitrogens with one attached hydrogen (secondary N) is 2. The SMILES string of the molecule is COc1ccc(C2c3c([nH][nH]c3=O)CC(C)(O)C2C(=O)OC(C)(C)C)cc1. The van der Waals surface area contributed by atoms with Gasteiger partial charge in [0.05, 0.1) is 18.6 Å². The van der Waals surface area contributed by atoms with E-state index < -0.39 is 29.0 Å². The van der Waals surface area contributed by atoms with Crippen molar-refractivity contribution in [2.75, 3.05) is 7.11 Å². The van der Waals surface area contributed by atoms with Crippen LogP contribution in [0.2, 0.25) is 0 Å². The summed E-state index contributed by atoms with van der Waals surface area (Å²) < 4.78 is 10.8. The third kappa shape index (κ3) is 3.64. The number of carbonyl (C=O) groups excluding carboxylic acids is 1. The Labute approximate surface area is 157 Å². The number of hydrogen-bond donors (Lipinski definition) is 3. The van der Waals surface area contributed by atoms with E-state index in [9.17, 15) is 14.7 Å². The molecule has 7 nitrogen and oxygen atoms in total. The number of benzene rings is 1. The second-order valence-corrected chi connectivity index (χ2v) is 8.27. The van der Waals surface area contributed by atoms with Gasteiger partial charge in [-0.25, -0.2) is 0 Å². The van der Waals surface area contributed by atoms with Gasteiger partial charge in [-0.15, -0.1) is 0 Å². The highest BCUT2D eigenvalue weighted by Crippen LogP contribution is 2.45. The molecule has 1 aliphatic rings. The number of hydrogen-bond acceptors (Lipinski definition) is 5. The molecule has 0 amide bonds. The van der Waals surface area contributed by atoms with Crippen LogP contribution in [-0.4, -0.2) is 39.6 Å². The number of aromatic amines is 2. The number of ether oxygens (including phenoxy) is 2. The fourth-order valence-electron chi connectivity index (χ4n) is 3.79. The monoisotopic (exact) mass is 374 g/mol. The van der Waals surface area contributed by atoms with Crippen LogP contribution in [0.1, 0.15) is 50.4 Å². The zero-order chi connectivity index (χ0) is 20.0. The van der Waals surface area contributed by atoms with Gasteiger partial charge in [-0.3, -0.25) is 14.7 Å². The van der Waals surface area contributed by atoms with Gasteiger partial charge in [-0.1, -0.05) is 12.1 Å². The van der Waals surface area contributed by atoms with E-state index in [1.807, 2.05) is 0 Å². The maximum absolute atomic E-state index is 13.0. The molecule has 1 heterocycles. The molecule has 1 aliphatic carbocycles. The molecule has 3 N–H and O–H groups in total. The average molecular weight is 374 g/mol. The van der Waals surface area contributed by atoms with Crippen LogP contribution in [0, 0.1) is 5.92 Å². The zero-order valence-corrected chi connectivity index (χ0v) is 16.3. The van der Waals surface area contributed by atoms with E-state index in [0.29, 0.717) is 17.0 Å². The van der Waals surface area contributed by atoms with Crippen LogP contribution in [0.3, 0.4) is 0 Å². The molecule has 0 fully saturated rings. The summed E-state index contributed by atoms with van der Waals surface area (Å²) in [6.07, 6.45) is 0.150. The molecule has 1 aromatic heterocycles. The Bertz CT molecular complexity index is 886. The number of H-pyrrole nitrogens is 2. The number of aromatic nitrogens is 2. The van der Waals surface area contributed by atoms with Crippen molar-refractivity contribution in [3.8, 4) is 5.75 Å². The first-order valence-electron chi connectivity index (χ1n) is 8.92. The molecule has 0 radical (unpaired) electrons. The lowest BCUT2D eigenvalue weighted by molar-refractivity contribution is -0.171. The Kier molecular flexibility index (Phi) is 4.67. The minimum atomic E-state index is -1.38. The van der Waals surface area contributed by atoms with Gasteiger partial charge in [0.25, 0.3) is 5.56 Å². The van der Waals surface area contributed by atoms with Crippen molar-refractivity contribution in [1.82, 2.24) is 10.2 Å². The first-order valence-corrected chi connectivity index (χ1v) is 8.92. The summed E-state index contributed by atoms with van der Waals surface area (Å²) >= 11 is 0. The first-order chi connectivity index (χ1) is 12.5.